The highest BCUT2D eigenvalue weighted by molar-refractivity contribution is 7.89. The van der Waals surface area contributed by atoms with Crippen LogP contribution in [0, 0.1) is 26.2 Å². The first-order chi connectivity index (χ1) is 7.95. The van der Waals surface area contributed by atoms with Crippen LogP contribution in [0.5, 0.6) is 0 Å². The van der Waals surface area contributed by atoms with Crippen LogP contribution in [0.25, 0.3) is 0 Å². The first-order valence-electron chi connectivity index (χ1n) is 5.31. The maximum atomic E-state index is 12.3. The van der Waals surface area contributed by atoms with Gasteiger partial charge < -0.3 is 4.52 Å². The molecule has 0 N–H and O–H groups in total. The lowest BCUT2D eigenvalue weighted by Gasteiger charge is -2.18. The molecule has 0 atom stereocenters. The normalized spacial score (nSPS) is 11.7. The highest BCUT2D eigenvalue weighted by atomic mass is 32.2. The zero-order valence-electron chi connectivity index (χ0n) is 10.2. The number of hydrogen-bond donors (Lipinski definition) is 0. The van der Waals surface area contributed by atoms with Crippen molar-refractivity contribution < 1.29 is 12.9 Å². The summed E-state index contributed by atoms with van der Waals surface area (Å²) in [6.07, 6.45) is 5.89. The minimum Gasteiger partial charge on any atom is -0.360 e. The zero-order chi connectivity index (χ0) is 13.1. The van der Waals surface area contributed by atoms with Gasteiger partial charge in [-0.1, -0.05) is 18.0 Å². The maximum absolute atomic E-state index is 12.3. The van der Waals surface area contributed by atoms with Crippen LogP contribution in [0.15, 0.2) is 9.42 Å². The maximum Gasteiger partial charge on any atom is 0.249 e. The van der Waals surface area contributed by atoms with E-state index >= 15 is 0 Å². The highest BCUT2D eigenvalue weighted by Crippen LogP contribution is 2.23. The zero-order valence-corrected chi connectivity index (χ0v) is 11.0. The number of terminal acetylenes is 1. The van der Waals surface area contributed by atoms with Crippen molar-refractivity contribution in [2.24, 2.45) is 0 Å². The quantitative estimate of drug-likeness (QED) is 0.745. The second-order valence-electron chi connectivity index (χ2n) is 3.70. The van der Waals surface area contributed by atoms with Crippen LogP contribution in [-0.2, 0) is 10.0 Å². The second-order valence-corrected chi connectivity index (χ2v) is 5.57. The predicted octanol–water partition coefficient (Wildman–Crippen LogP) is 1.33. The molecule has 0 saturated carbocycles. The van der Waals surface area contributed by atoms with E-state index in [1.54, 1.807) is 13.8 Å². The lowest BCUT2D eigenvalue weighted by molar-refractivity contribution is 0.389. The molecule has 1 aromatic rings. The van der Waals surface area contributed by atoms with Crippen molar-refractivity contribution in [1.82, 2.24) is 9.46 Å². The molecule has 0 saturated heterocycles. The van der Waals surface area contributed by atoms with E-state index in [0.29, 0.717) is 24.4 Å². The van der Waals surface area contributed by atoms with E-state index in [9.17, 15) is 8.42 Å². The van der Waals surface area contributed by atoms with E-state index in [1.165, 1.54) is 4.31 Å². The number of aryl methyl sites for hydroxylation is 2. The third-order valence-electron chi connectivity index (χ3n) is 2.31. The Balaban J connectivity index is 3.22. The van der Waals surface area contributed by atoms with Gasteiger partial charge in [0.25, 0.3) is 0 Å². The molecule has 0 fully saturated rings. The van der Waals surface area contributed by atoms with Crippen molar-refractivity contribution in [3.05, 3.63) is 11.5 Å². The summed E-state index contributed by atoms with van der Waals surface area (Å²) in [7, 11) is -3.61. The van der Waals surface area contributed by atoms with E-state index in [0.717, 1.165) is 0 Å². The summed E-state index contributed by atoms with van der Waals surface area (Å²) in [5.74, 6) is 2.65. The van der Waals surface area contributed by atoms with Gasteiger partial charge in [0.05, 0.1) is 6.54 Å². The molecule has 1 heterocycles. The van der Waals surface area contributed by atoms with Crippen molar-refractivity contribution in [1.29, 1.82) is 0 Å². The van der Waals surface area contributed by atoms with Crippen molar-refractivity contribution >= 4 is 10.0 Å². The fraction of sp³-hybridized carbons (Fsp3) is 0.545. The number of sulfonamides is 1. The highest BCUT2D eigenvalue weighted by Gasteiger charge is 2.29. The van der Waals surface area contributed by atoms with Gasteiger partial charge in [0, 0.05) is 6.54 Å². The molecule has 0 radical (unpaired) electrons. The molecular formula is C11H16N2O3S. The van der Waals surface area contributed by atoms with Crippen LogP contribution >= 0.6 is 0 Å². The third-order valence-corrected chi connectivity index (χ3v) is 4.40. The molecule has 0 aliphatic rings. The topological polar surface area (TPSA) is 63.4 Å². The van der Waals surface area contributed by atoms with Gasteiger partial charge in [0.1, 0.15) is 10.6 Å². The fourth-order valence-corrected chi connectivity index (χ4v) is 3.34. The van der Waals surface area contributed by atoms with Crippen molar-refractivity contribution in [3.8, 4) is 12.3 Å². The monoisotopic (exact) mass is 256 g/mol. The second kappa shape index (κ2) is 5.34. The largest absolute Gasteiger partial charge is 0.360 e. The number of rotatable bonds is 5. The van der Waals surface area contributed by atoms with E-state index < -0.39 is 10.0 Å². The lowest BCUT2D eigenvalue weighted by atomic mass is 10.4. The van der Waals surface area contributed by atoms with Crippen molar-refractivity contribution in [2.75, 3.05) is 13.1 Å². The Morgan fingerprint density at radius 1 is 1.47 bits per heavy atom. The van der Waals surface area contributed by atoms with E-state index in [4.69, 9.17) is 10.9 Å². The first-order valence-corrected chi connectivity index (χ1v) is 6.75. The SMILES string of the molecule is C#CCN(CCC)S(=O)(=O)c1c(C)noc1C. The molecule has 6 heteroatoms. The fourth-order valence-electron chi connectivity index (χ4n) is 1.61. The van der Waals surface area contributed by atoms with Gasteiger partial charge in [0.2, 0.25) is 10.0 Å². The van der Waals surface area contributed by atoms with Gasteiger partial charge in [-0.05, 0) is 20.3 Å². The number of aromatic nitrogens is 1. The van der Waals surface area contributed by atoms with Gasteiger partial charge in [-0.2, -0.15) is 4.31 Å². The minimum absolute atomic E-state index is 0.0558. The minimum atomic E-state index is -3.61. The average Bonchev–Trinajstić information content (AvgIpc) is 2.58. The van der Waals surface area contributed by atoms with Crippen LogP contribution in [0.4, 0.5) is 0 Å². The van der Waals surface area contributed by atoms with E-state index in [-0.39, 0.29) is 11.4 Å². The predicted molar refractivity (Wildman–Crippen MR) is 63.9 cm³/mol. The molecule has 0 spiro atoms. The van der Waals surface area contributed by atoms with Crippen LogP contribution in [0.2, 0.25) is 0 Å². The van der Waals surface area contributed by atoms with Crippen molar-refractivity contribution in [2.45, 2.75) is 32.1 Å². The number of nitrogens with zero attached hydrogens (tertiary/aromatic N) is 2. The molecule has 0 amide bonds. The smallest absolute Gasteiger partial charge is 0.249 e. The molecule has 1 rings (SSSR count). The first kappa shape index (κ1) is 13.7. The van der Waals surface area contributed by atoms with E-state index in [1.807, 2.05) is 6.92 Å². The summed E-state index contributed by atoms with van der Waals surface area (Å²) in [4.78, 5) is 0.126. The molecule has 0 unspecified atom stereocenters. The van der Waals surface area contributed by atoms with Gasteiger partial charge >= 0.3 is 0 Å². The average molecular weight is 256 g/mol. The standard InChI is InChI=1S/C11H16N2O3S/c1-5-7-13(8-6-2)17(14,15)11-9(3)12-16-10(11)4/h1H,6-8H2,2-4H3. The molecule has 0 bridgehead atoms. The van der Waals surface area contributed by atoms with Gasteiger partial charge in [0.15, 0.2) is 5.76 Å². The van der Waals surface area contributed by atoms with Gasteiger partial charge in [-0.3, -0.25) is 0 Å². The summed E-state index contributed by atoms with van der Waals surface area (Å²) < 4.78 is 30.8. The molecule has 94 valence electrons. The Bertz CT molecular complexity index is 506. The summed E-state index contributed by atoms with van der Waals surface area (Å²) >= 11 is 0. The molecule has 0 aliphatic heterocycles. The van der Waals surface area contributed by atoms with Crippen LogP contribution < -0.4 is 0 Å². The summed E-state index contributed by atoms with van der Waals surface area (Å²) in [5, 5.41) is 3.65. The Labute approximate surface area is 102 Å². The Morgan fingerprint density at radius 2 is 2.12 bits per heavy atom. The third kappa shape index (κ3) is 2.68. The Hall–Kier alpha value is -1.32. The summed E-state index contributed by atoms with van der Waals surface area (Å²) in [6.45, 7) is 5.51. The van der Waals surface area contributed by atoms with Crippen molar-refractivity contribution in [3.63, 3.8) is 0 Å². The summed E-state index contributed by atoms with van der Waals surface area (Å²) in [5.41, 5.74) is 0.362. The number of hydrogen-bond acceptors (Lipinski definition) is 4. The Kier molecular flexibility index (Phi) is 4.32. The Morgan fingerprint density at radius 3 is 2.53 bits per heavy atom. The van der Waals surface area contributed by atoms with E-state index in [2.05, 4.69) is 11.1 Å². The van der Waals surface area contributed by atoms with Crippen LogP contribution in [0.3, 0.4) is 0 Å². The molecule has 5 nitrogen and oxygen atoms in total. The molecular weight excluding hydrogens is 240 g/mol. The molecule has 17 heavy (non-hydrogen) atoms. The van der Waals surface area contributed by atoms with Crippen LogP contribution in [0.1, 0.15) is 24.8 Å². The molecule has 1 aromatic heterocycles. The molecule has 0 aliphatic carbocycles. The van der Waals surface area contributed by atoms with Gasteiger partial charge in [-0.25, -0.2) is 8.42 Å². The lowest BCUT2D eigenvalue weighted by Crippen LogP contribution is -2.32. The summed E-state index contributed by atoms with van der Waals surface area (Å²) in [6, 6.07) is 0. The molecule has 0 aromatic carbocycles. The van der Waals surface area contributed by atoms with Crippen LogP contribution in [-0.4, -0.2) is 31.0 Å². The van der Waals surface area contributed by atoms with Gasteiger partial charge in [-0.15, -0.1) is 6.42 Å².